The van der Waals surface area contributed by atoms with Crippen molar-refractivity contribution >= 4 is 45.6 Å². The number of hydrogen-bond acceptors (Lipinski definition) is 5. The predicted molar refractivity (Wildman–Crippen MR) is 131 cm³/mol. The lowest BCUT2D eigenvalue weighted by molar-refractivity contribution is -0.140. The number of nitrogens with zero attached hydrogens (tertiary/aromatic N) is 2. The van der Waals surface area contributed by atoms with E-state index in [0.29, 0.717) is 38.4 Å². The Hall–Kier alpha value is -2.64. The van der Waals surface area contributed by atoms with Crippen molar-refractivity contribution in [1.82, 2.24) is 5.01 Å². The van der Waals surface area contributed by atoms with Crippen molar-refractivity contribution in [1.29, 1.82) is 0 Å². The van der Waals surface area contributed by atoms with Gasteiger partial charge in [-0.1, -0.05) is 42.0 Å². The molecule has 0 spiro atoms. The first kappa shape index (κ1) is 21.9. The molecule has 0 aromatic heterocycles. The van der Waals surface area contributed by atoms with Gasteiger partial charge in [0, 0.05) is 10.6 Å². The number of allylic oxidation sites excluding steroid dienone is 2. The van der Waals surface area contributed by atoms with Gasteiger partial charge >= 0.3 is 0 Å². The largest absolute Gasteiger partial charge is 0.493 e. The van der Waals surface area contributed by atoms with Gasteiger partial charge < -0.3 is 9.47 Å². The second-order valence-electron chi connectivity index (χ2n) is 9.30. The first-order valence-electron chi connectivity index (χ1n) is 11.3. The molecule has 1 aliphatic heterocycles. The van der Waals surface area contributed by atoms with Crippen molar-refractivity contribution in [3.05, 3.63) is 69.2 Å². The molecule has 0 unspecified atom stereocenters. The first-order valence-corrected chi connectivity index (χ1v) is 12.5. The zero-order valence-corrected chi connectivity index (χ0v) is 20.7. The summed E-state index contributed by atoms with van der Waals surface area (Å²) in [5, 5.41) is 6.02. The van der Waals surface area contributed by atoms with E-state index in [1.165, 1.54) is 6.21 Å². The number of hydrogen-bond donors (Lipinski definition) is 0. The fourth-order valence-electron chi connectivity index (χ4n) is 5.90. The molecule has 174 valence electrons. The third-order valence-electron chi connectivity index (χ3n) is 7.54. The number of imide groups is 1. The van der Waals surface area contributed by atoms with Crippen LogP contribution in [0.5, 0.6) is 11.5 Å². The van der Waals surface area contributed by atoms with Gasteiger partial charge in [0.05, 0.1) is 29.6 Å². The van der Waals surface area contributed by atoms with E-state index in [9.17, 15) is 9.59 Å². The summed E-state index contributed by atoms with van der Waals surface area (Å²) in [6, 6.07) is 11.1. The summed E-state index contributed by atoms with van der Waals surface area (Å²) in [7, 11) is 1.55. The maximum Gasteiger partial charge on any atom is 0.254 e. The quantitative estimate of drug-likeness (QED) is 0.291. The fraction of sp³-hybridized carbons (Fsp3) is 0.346. The van der Waals surface area contributed by atoms with E-state index in [0.717, 1.165) is 17.0 Å². The fourth-order valence-corrected chi connectivity index (χ4v) is 6.66. The lowest BCUT2D eigenvalue weighted by Gasteiger charge is -2.37. The van der Waals surface area contributed by atoms with Gasteiger partial charge in [-0.3, -0.25) is 9.59 Å². The lowest BCUT2D eigenvalue weighted by Crippen LogP contribution is -2.40. The van der Waals surface area contributed by atoms with Gasteiger partial charge in [0.1, 0.15) is 6.61 Å². The summed E-state index contributed by atoms with van der Waals surface area (Å²) in [4.78, 5) is 26.2. The van der Waals surface area contributed by atoms with Crippen molar-refractivity contribution in [2.45, 2.75) is 13.0 Å². The average Bonchev–Trinajstić information content (AvgIpc) is 3.62. The average molecular weight is 542 g/mol. The standard InChI is InChI=1S/C26H22BrClN2O4/c1-33-21-9-13(8-19(27)24(21)34-12-14-4-2-3-5-20(14)28)11-29-30-25(31)22-15-6-7-16(18-10-17(15)18)23(22)26(30)32/h2-9,11,15-18,22-23H,10,12H2,1H3/b29-11-/t15-,16-,17-,18-,22-,23+/m0/s1. The number of carbonyl (C=O) groups excluding carboxylic acids is 2. The molecule has 7 rings (SSSR count). The SMILES string of the molecule is COc1cc(/C=N\N2C(=O)[C@@H]3[C@H]4C=C[C@@H]([C@@H]5C[C@@H]45)[C@@H]3C2=O)cc(Br)c1OCc1ccccc1Cl. The summed E-state index contributed by atoms with van der Waals surface area (Å²) in [6.07, 6.45) is 6.97. The van der Waals surface area contributed by atoms with E-state index in [1.54, 1.807) is 13.2 Å². The van der Waals surface area contributed by atoms with Gasteiger partial charge in [-0.15, -0.1) is 0 Å². The number of halogens is 2. The van der Waals surface area contributed by atoms with Crippen LogP contribution < -0.4 is 9.47 Å². The summed E-state index contributed by atoms with van der Waals surface area (Å²) in [5.74, 6) is 1.64. The molecule has 1 saturated heterocycles. The maximum absolute atomic E-state index is 13.1. The summed E-state index contributed by atoms with van der Waals surface area (Å²) < 4.78 is 12.2. The number of ether oxygens (including phenoxy) is 2. The van der Waals surface area contributed by atoms with Crippen LogP contribution in [0.15, 0.2) is 58.1 Å². The zero-order chi connectivity index (χ0) is 23.6. The van der Waals surface area contributed by atoms with E-state index in [1.807, 2.05) is 30.3 Å². The van der Waals surface area contributed by atoms with E-state index in [2.05, 4.69) is 33.2 Å². The van der Waals surface area contributed by atoms with Crippen molar-refractivity contribution in [2.75, 3.05) is 7.11 Å². The molecule has 6 nitrogen and oxygen atoms in total. The number of methoxy groups -OCH3 is 1. The second kappa shape index (κ2) is 8.24. The normalized spacial score (nSPS) is 30.6. The number of rotatable bonds is 6. The minimum absolute atomic E-state index is 0.179. The first-order chi connectivity index (χ1) is 16.5. The highest BCUT2D eigenvalue weighted by Gasteiger charge is 2.67. The van der Waals surface area contributed by atoms with E-state index in [4.69, 9.17) is 21.1 Å². The topological polar surface area (TPSA) is 68.2 Å². The van der Waals surface area contributed by atoms with Crippen LogP contribution in [0, 0.1) is 35.5 Å². The maximum atomic E-state index is 13.1. The van der Waals surface area contributed by atoms with E-state index in [-0.39, 0.29) is 42.1 Å². The number of benzene rings is 2. The Balaban J connectivity index is 1.21. The molecule has 2 aromatic carbocycles. The van der Waals surface area contributed by atoms with Crippen LogP contribution in [0.2, 0.25) is 5.02 Å². The van der Waals surface area contributed by atoms with Crippen LogP contribution in [-0.2, 0) is 16.2 Å². The van der Waals surface area contributed by atoms with Crippen LogP contribution >= 0.6 is 27.5 Å². The highest BCUT2D eigenvalue weighted by Crippen LogP contribution is 2.65. The Bertz CT molecular complexity index is 1230. The second-order valence-corrected chi connectivity index (χ2v) is 10.6. The van der Waals surface area contributed by atoms with Crippen LogP contribution in [0.1, 0.15) is 17.5 Å². The molecule has 5 aliphatic rings. The van der Waals surface area contributed by atoms with Gasteiger partial charge in [-0.05, 0) is 69.8 Å². The highest BCUT2D eigenvalue weighted by molar-refractivity contribution is 9.10. The van der Waals surface area contributed by atoms with E-state index < -0.39 is 0 Å². The number of amides is 2. The van der Waals surface area contributed by atoms with Crippen LogP contribution in [0.25, 0.3) is 0 Å². The molecule has 6 atom stereocenters. The smallest absolute Gasteiger partial charge is 0.254 e. The third-order valence-corrected chi connectivity index (χ3v) is 8.50. The Morgan fingerprint density at radius 2 is 1.79 bits per heavy atom. The molecule has 2 bridgehead atoms. The zero-order valence-electron chi connectivity index (χ0n) is 18.4. The van der Waals surface area contributed by atoms with Gasteiger partial charge in [-0.25, -0.2) is 0 Å². The summed E-state index contributed by atoms with van der Waals surface area (Å²) in [6.45, 7) is 0.278. The molecule has 2 amide bonds. The van der Waals surface area contributed by atoms with Crippen LogP contribution in [-0.4, -0.2) is 30.1 Å². The van der Waals surface area contributed by atoms with Crippen molar-refractivity contribution in [2.24, 2.45) is 40.6 Å². The molecule has 4 aliphatic carbocycles. The van der Waals surface area contributed by atoms with Gasteiger partial charge in [-0.2, -0.15) is 10.1 Å². The van der Waals surface area contributed by atoms with Crippen molar-refractivity contribution in [3.63, 3.8) is 0 Å². The van der Waals surface area contributed by atoms with Crippen LogP contribution in [0.4, 0.5) is 0 Å². The number of carbonyl (C=O) groups is 2. The highest BCUT2D eigenvalue weighted by atomic mass is 79.9. The third kappa shape index (κ3) is 3.40. The Kier molecular flexibility index (Phi) is 5.30. The minimum atomic E-state index is -0.259. The molecule has 0 radical (unpaired) electrons. The molecule has 8 heteroatoms. The van der Waals surface area contributed by atoms with Crippen molar-refractivity contribution < 1.29 is 19.1 Å². The molecular weight excluding hydrogens is 520 g/mol. The summed E-state index contributed by atoms with van der Waals surface area (Å²) >= 11 is 9.77. The molecule has 3 fully saturated rings. The monoisotopic (exact) mass is 540 g/mol. The predicted octanol–water partition coefficient (Wildman–Crippen LogP) is 5.08. The molecular formula is C26H22BrClN2O4. The molecule has 34 heavy (non-hydrogen) atoms. The van der Waals surface area contributed by atoms with Crippen LogP contribution in [0.3, 0.4) is 0 Å². The summed E-state index contributed by atoms with van der Waals surface area (Å²) in [5.41, 5.74) is 1.53. The van der Waals surface area contributed by atoms with Gasteiger partial charge in [0.25, 0.3) is 11.8 Å². The van der Waals surface area contributed by atoms with Gasteiger partial charge in [0.2, 0.25) is 0 Å². The van der Waals surface area contributed by atoms with E-state index >= 15 is 0 Å². The molecule has 0 N–H and O–H groups in total. The lowest BCUT2D eigenvalue weighted by atomic mass is 9.63. The molecule has 1 heterocycles. The Morgan fingerprint density at radius 1 is 1.12 bits per heavy atom. The Labute approximate surface area is 210 Å². The number of hydrazone groups is 1. The Morgan fingerprint density at radius 3 is 2.44 bits per heavy atom. The van der Waals surface area contributed by atoms with Crippen molar-refractivity contribution in [3.8, 4) is 11.5 Å². The minimum Gasteiger partial charge on any atom is -0.493 e. The molecule has 2 aromatic rings. The van der Waals surface area contributed by atoms with Gasteiger partial charge in [0.15, 0.2) is 11.5 Å². The molecule has 2 saturated carbocycles.